The fraction of sp³-hybridized carbons (Fsp3) is 0.542. The molecule has 2 aromatic heterocycles. The summed E-state index contributed by atoms with van der Waals surface area (Å²) in [5.74, 6) is 0.465. The molecular formula is C24H31N5O5S. The van der Waals surface area contributed by atoms with Crippen LogP contribution in [-0.4, -0.2) is 76.1 Å². The highest BCUT2D eigenvalue weighted by Gasteiger charge is 2.29. The number of aliphatic hydroxyl groups excluding tert-OH is 1. The van der Waals surface area contributed by atoms with Crippen molar-refractivity contribution in [2.45, 2.75) is 69.0 Å². The zero-order valence-corrected chi connectivity index (χ0v) is 20.8. The van der Waals surface area contributed by atoms with E-state index in [9.17, 15) is 13.5 Å². The van der Waals surface area contributed by atoms with E-state index in [4.69, 9.17) is 9.47 Å². The zero-order valence-electron chi connectivity index (χ0n) is 20.0. The third-order valence-electron chi connectivity index (χ3n) is 6.82. The normalized spacial score (nSPS) is 19.4. The largest absolute Gasteiger partial charge is 0.474 e. The second kappa shape index (κ2) is 9.81. The first-order valence-electron chi connectivity index (χ1n) is 12.0. The number of ether oxygens (including phenoxy) is 2. The van der Waals surface area contributed by atoms with Crippen molar-refractivity contribution in [3.63, 3.8) is 0 Å². The number of aryl methyl sites for hydroxylation is 1. The van der Waals surface area contributed by atoms with Gasteiger partial charge in [-0.1, -0.05) is 12.8 Å². The number of aromatic nitrogens is 4. The van der Waals surface area contributed by atoms with Crippen LogP contribution in [0.5, 0.6) is 5.88 Å². The van der Waals surface area contributed by atoms with Crippen molar-refractivity contribution in [1.29, 1.82) is 0 Å². The number of sulfone groups is 1. The van der Waals surface area contributed by atoms with Crippen molar-refractivity contribution in [2.24, 2.45) is 0 Å². The molecule has 0 spiro atoms. The van der Waals surface area contributed by atoms with E-state index in [1.165, 1.54) is 25.4 Å². The molecule has 35 heavy (non-hydrogen) atoms. The number of piperidine rings is 1. The number of fused-ring (bicyclic) bond motifs is 1. The van der Waals surface area contributed by atoms with E-state index in [0.29, 0.717) is 46.1 Å². The summed E-state index contributed by atoms with van der Waals surface area (Å²) in [4.78, 5) is 11.0. The molecule has 10 nitrogen and oxygen atoms in total. The van der Waals surface area contributed by atoms with E-state index in [1.807, 2.05) is 4.90 Å². The van der Waals surface area contributed by atoms with Gasteiger partial charge < -0.3 is 14.6 Å². The number of hydrogen-bond acceptors (Lipinski definition) is 9. The summed E-state index contributed by atoms with van der Waals surface area (Å²) < 4.78 is 37.6. The fourth-order valence-corrected chi connectivity index (χ4v) is 5.90. The molecule has 1 aliphatic carbocycles. The maximum absolute atomic E-state index is 11.9. The Morgan fingerprint density at radius 1 is 1.09 bits per heavy atom. The molecule has 0 radical (unpaired) electrons. The monoisotopic (exact) mass is 501 g/mol. The Hall–Kier alpha value is -2.60. The number of aliphatic hydroxyl groups is 1. The highest BCUT2D eigenvalue weighted by molar-refractivity contribution is 7.90. The third kappa shape index (κ3) is 5.18. The highest BCUT2D eigenvalue weighted by atomic mass is 32.2. The molecule has 0 bridgehead atoms. The van der Waals surface area contributed by atoms with Crippen molar-refractivity contribution < 1.29 is 23.0 Å². The molecule has 3 aromatic rings. The maximum Gasteiger partial charge on any atom is 0.228 e. The number of rotatable bonds is 7. The number of benzene rings is 1. The average molecular weight is 502 g/mol. The first-order chi connectivity index (χ1) is 16.8. The van der Waals surface area contributed by atoms with Crippen LogP contribution in [0.1, 0.15) is 44.1 Å². The van der Waals surface area contributed by atoms with Gasteiger partial charge in [-0.05, 0) is 56.4 Å². The first kappa shape index (κ1) is 24.1. The smallest absolute Gasteiger partial charge is 0.228 e. The molecule has 11 heteroatoms. The van der Waals surface area contributed by atoms with Crippen molar-refractivity contribution in [3.05, 3.63) is 36.3 Å². The second-order valence-corrected chi connectivity index (χ2v) is 11.4. The topological polar surface area (TPSA) is 120 Å². The molecule has 2 fully saturated rings. The summed E-state index contributed by atoms with van der Waals surface area (Å²) in [5, 5.41) is 15.6. The van der Waals surface area contributed by atoms with Gasteiger partial charge in [0.15, 0.2) is 15.5 Å². The van der Waals surface area contributed by atoms with E-state index in [-0.39, 0.29) is 12.2 Å². The summed E-state index contributed by atoms with van der Waals surface area (Å²) in [7, 11) is -3.30. The van der Waals surface area contributed by atoms with Gasteiger partial charge in [0.2, 0.25) is 12.3 Å². The molecule has 5 rings (SSSR count). The Labute approximate surface area is 204 Å². The Balaban J connectivity index is 1.27. The lowest BCUT2D eigenvalue weighted by Gasteiger charge is -2.35. The molecular weight excluding hydrogens is 470 g/mol. The molecule has 1 saturated carbocycles. The molecule has 0 amide bonds. The summed E-state index contributed by atoms with van der Waals surface area (Å²) in [6.07, 6.45) is 9.45. The fourth-order valence-electron chi connectivity index (χ4n) is 4.94. The van der Waals surface area contributed by atoms with E-state index < -0.39 is 16.3 Å². The van der Waals surface area contributed by atoms with Crippen LogP contribution in [0.15, 0.2) is 35.6 Å². The predicted molar refractivity (Wildman–Crippen MR) is 129 cm³/mol. The first-order valence-corrected chi connectivity index (χ1v) is 13.9. The quantitative estimate of drug-likeness (QED) is 0.487. The van der Waals surface area contributed by atoms with Crippen LogP contribution in [0.2, 0.25) is 0 Å². The molecule has 1 saturated heterocycles. The van der Waals surface area contributed by atoms with Gasteiger partial charge in [-0.15, -0.1) is 0 Å². The van der Waals surface area contributed by atoms with Crippen molar-refractivity contribution in [2.75, 3.05) is 19.3 Å². The van der Waals surface area contributed by atoms with Gasteiger partial charge in [0, 0.05) is 19.3 Å². The molecule has 1 N–H and O–H groups in total. The van der Waals surface area contributed by atoms with Crippen LogP contribution in [0.4, 0.5) is 0 Å². The minimum Gasteiger partial charge on any atom is -0.474 e. The van der Waals surface area contributed by atoms with Gasteiger partial charge in [0.1, 0.15) is 17.8 Å². The van der Waals surface area contributed by atoms with E-state index in [1.54, 1.807) is 36.0 Å². The van der Waals surface area contributed by atoms with Crippen molar-refractivity contribution in [1.82, 2.24) is 24.6 Å². The van der Waals surface area contributed by atoms with Crippen LogP contribution < -0.4 is 4.74 Å². The number of hydrogen-bond donors (Lipinski definition) is 1. The van der Waals surface area contributed by atoms with Gasteiger partial charge in [-0.3, -0.25) is 4.90 Å². The molecule has 1 atom stereocenters. The Morgan fingerprint density at radius 2 is 1.83 bits per heavy atom. The minimum atomic E-state index is -3.30. The van der Waals surface area contributed by atoms with E-state index in [0.717, 1.165) is 25.7 Å². The van der Waals surface area contributed by atoms with Crippen LogP contribution in [0, 0.1) is 6.92 Å². The molecule has 2 aliphatic rings. The summed E-state index contributed by atoms with van der Waals surface area (Å²) >= 11 is 0. The number of nitrogens with zero attached hydrogens (tertiary/aromatic N) is 5. The van der Waals surface area contributed by atoms with Gasteiger partial charge in [0.05, 0.1) is 22.9 Å². The molecule has 1 aromatic carbocycles. The SMILES string of the molecule is Cc1cc(-n2ncc3c(OC4CCN(C(O)OC5CCCC5)CC4)ncnc32)ccc1S(C)(=O)=O. The van der Waals surface area contributed by atoms with Crippen LogP contribution in [0.25, 0.3) is 16.7 Å². The van der Waals surface area contributed by atoms with Crippen molar-refractivity contribution in [3.8, 4) is 11.6 Å². The van der Waals surface area contributed by atoms with Gasteiger partial charge >= 0.3 is 0 Å². The lowest BCUT2D eigenvalue weighted by atomic mass is 10.1. The van der Waals surface area contributed by atoms with Gasteiger partial charge in [0.25, 0.3) is 0 Å². The molecule has 3 heterocycles. The average Bonchev–Trinajstić information content (AvgIpc) is 3.49. The number of likely N-dealkylation sites (tertiary alicyclic amines) is 1. The van der Waals surface area contributed by atoms with E-state index in [2.05, 4.69) is 15.1 Å². The zero-order chi connectivity index (χ0) is 24.6. The van der Waals surface area contributed by atoms with Crippen molar-refractivity contribution >= 4 is 20.9 Å². The summed E-state index contributed by atoms with van der Waals surface area (Å²) in [6.45, 7) is 3.12. The maximum atomic E-state index is 11.9. The third-order valence-corrected chi connectivity index (χ3v) is 8.07. The summed E-state index contributed by atoms with van der Waals surface area (Å²) in [5.41, 5.74) is 1.93. The van der Waals surface area contributed by atoms with Crippen LogP contribution >= 0.6 is 0 Å². The van der Waals surface area contributed by atoms with Crippen LogP contribution in [-0.2, 0) is 14.6 Å². The Bertz CT molecular complexity index is 1300. The highest BCUT2D eigenvalue weighted by Crippen LogP contribution is 2.28. The lowest BCUT2D eigenvalue weighted by molar-refractivity contribution is -0.222. The van der Waals surface area contributed by atoms with Gasteiger partial charge in [-0.2, -0.15) is 5.10 Å². The molecule has 1 unspecified atom stereocenters. The van der Waals surface area contributed by atoms with Crippen LogP contribution in [0.3, 0.4) is 0 Å². The molecule has 188 valence electrons. The Morgan fingerprint density at radius 3 is 2.51 bits per heavy atom. The van der Waals surface area contributed by atoms with Gasteiger partial charge in [-0.25, -0.2) is 23.1 Å². The Kier molecular flexibility index (Phi) is 6.75. The summed E-state index contributed by atoms with van der Waals surface area (Å²) in [6, 6.07) is 5.08. The van der Waals surface area contributed by atoms with E-state index >= 15 is 0 Å². The standard InChI is InChI=1S/C24H31N5O5S/c1-16-13-17(7-8-21(16)35(2,31)32)29-22-20(14-27-29)23(26-15-25-22)33-19-9-11-28(12-10-19)24(30)34-18-5-3-4-6-18/h7-8,13-15,18-19,24,30H,3-6,9-12H2,1-2H3. The predicted octanol–water partition coefficient (Wildman–Crippen LogP) is 2.61. The minimum absolute atomic E-state index is 0.0392. The lowest BCUT2D eigenvalue weighted by Crippen LogP contribution is -2.46. The molecule has 1 aliphatic heterocycles. The second-order valence-electron chi connectivity index (χ2n) is 9.42.